The molecule has 0 bridgehead atoms. The molecule has 36 heavy (non-hydrogen) atoms. The Morgan fingerprint density at radius 2 is 2.00 bits per heavy atom. The number of nitrogens with zero attached hydrogens (tertiary/aromatic N) is 3. The monoisotopic (exact) mass is 503 g/mol. The Bertz CT molecular complexity index is 1330. The molecule has 0 spiro atoms. The number of benzene rings is 1. The molecule has 190 valence electrons. The van der Waals surface area contributed by atoms with Crippen molar-refractivity contribution in [3.8, 4) is 11.6 Å². The Hall–Kier alpha value is -3.93. The van der Waals surface area contributed by atoms with Crippen molar-refractivity contribution < 1.29 is 32.6 Å². The number of primary amides is 1. The number of rotatable bonds is 7. The van der Waals surface area contributed by atoms with Crippen LogP contribution in [0.25, 0.3) is 5.69 Å². The molecule has 2 heterocycles. The summed E-state index contributed by atoms with van der Waals surface area (Å²) in [6.45, 7) is 3.43. The van der Waals surface area contributed by atoms with Gasteiger partial charge in [0.15, 0.2) is 11.5 Å². The molecule has 0 unspecified atom stereocenters. The van der Waals surface area contributed by atoms with E-state index in [1.807, 2.05) is 13.8 Å². The van der Waals surface area contributed by atoms with Gasteiger partial charge in [-0.1, -0.05) is 13.8 Å². The zero-order chi connectivity index (χ0) is 26.3. The predicted molar refractivity (Wildman–Crippen MR) is 124 cm³/mol. The number of hydrogen-bond acceptors (Lipinski definition) is 7. The lowest BCUT2D eigenvalue weighted by Gasteiger charge is -2.29. The zero-order valence-corrected chi connectivity index (χ0v) is 19.5. The first-order chi connectivity index (χ1) is 16.9. The van der Waals surface area contributed by atoms with Gasteiger partial charge < -0.3 is 20.9 Å². The highest BCUT2D eigenvalue weighted by Crippen LogP contribution is 2.42. The second-order valence-corrected chi connectivity index (χ2v) is 9.19. The van der Waals surface area contributed by atoms with E-state index >= 15 is 0 Å². The van der Waals surface area contributed by atoms with Crippen molar-refractivity contribution in [3.63, 3.8) is 0 Å². The maximum absolute atomic E-state index is 13.8. The van der Waals surface area contributed by atoms with Gasteiger partial charge in [-0.3, -0.25) is 9.59 Å². The van der Waals surface area contributed by atoms with Gasteiger partial charge >= 0.3 is 6.18 Å². The summed E-state index contributed by atoms with van der Waals surface area (Å²) in [7, 11) is 0. The molecule has 0 fully saturated rings. The molecule has 0 saturated carbocycles. The van der Waals surface area contributed by atoms with E-state index in [2.05, 4.69) is 15.4 Å². The quantitative estimate of drug-likeness (QED) is 0.448. The van der Waals surface area contributed by atoms with E-state index in [0.29, 0.717) is 5.69 Å². The molecule has 0 aliphatic heterocycles. The number of nitrogens with two attached hydrogens (primary N) is 1. The molecule has 1 aliphatic rings. The van der Waals surface area contributed by atoms with E-state index < -0.39 is 34.5 Å². The van der Waals surface area contributed by atoms with Crippen LogP contribution in [-0.2, 0) is 12.6 Å². The van der Waals surface area contributed by atoms with Crippen LogP contribution in [0.5, 0.6) is 5.88 Å². The highest BCUT2D eigenvalue weighted by atomic mass is 19.4. The molecule has 2 aromatic heterocycles. The summed E-state index contributed by atoms with van der Waals surface area (Å²) in [4.78, 5) is 28.8. The number of aliphatic hydroxyl groups is 1. The molecule has 9 nitrogen and oxygen atoms in total. The molecule has 4 rings (SSSR count). The molecular weight excluding hydrogens is 479 g/mol. The largest absolute Gasteiger partial charge is 0.475 e. The number of anilines is 2. The lowest BCUT2D eigenvalue weighted by atomic mass is 9.75. The Morgan fingerprint density at radius 3 is 2.67 bits per heavy atom. The minimum atomic E-state index is -4.82. The summed E-state index contributed by atoms with van der Waals surface area (Å²) in [6, 6.07) is 7.34. The number of aromatic nitrogens is 3. The number of amides is 1. The summed E-state index contributed by atoms with van der Waals surface area (Å²) in [5, 5.41) is 15.7. The van der Waals surface area contributed by atoms with Crippen LogP contribution in [0.3, 0.4) is 0 Å². The molecule has 3 aromatic rings. The SMILES string of the molecule is CC1(C)CC(=O)c2c(C(F)(F)F)nn(-c3ccc(C(N)=O)c(Nc4ccnc(OCCO)c4)c3)c2C1. The molecule has 1 aromatic carbocycles. The number of alkyl halides is 3. The normalized spacial score (nSPS) is 14.9. The van der Waals surface area contributed by atoms with Crippen molar-refractivity contribution in [1.82, 2.24) is 14.8 Å². The number of ketones is 1. The smallest absolute Gasteiger partial charge is 0.435 e. The maximum Gasteiger partial charge on any atom is 0.435 e. The molecule has 12 heteroatoms. The van der Waals surface area contributed by atoms with Crippen LogP contribution in [0.2, 0.25) is 0 Å². The number of ether oxygens (including phenoxy) is 1. The first-order valence-electron chi connectivity index (χ1n) is 11.0. The molecule has 1 aliphatic carbocycles. The average molecular weight is 503 g/mol. The van der Waals surface area contributed by atoms with Crippen LogP contribution in [0.15, 0.2) is 36.5 Å². The van der Waals surface area contributed by atoms with Gasteiger partial charge in [-0.2, -0.15) is 18.3 Å². The Labute approximate surface area is 204 Å². The van der Waals surface area contributed by atoms with E-state index in [-0.39, 0.29) is 54.6 Å². The first kappa shape index (κ1) is 25.2. The number of halogens is 3. The van der Waals surface area contributed by atoms with Crippen LogP contribution in [0, 0.1) is 5.41 Å². The number of aliphatic hydroxyl groups excluding tert-OH is 1. The van der Waals surface area contributed by atoms with Gasteiger partial charge in [0.05, 0.1) is 34.8 Å². The summed E-state index contributed by atoms with van der Waals surface area (Å²) >= 11 is 0. The van der Waals surface area contributed by atoms with Crippen LogP contribution >= 0.6 is 0 Å². The number of hydrogen-bond donors (Lipinski definition) is 3. The summed E-state index contributed by atoms with van der Waals surface area (Å²) in [5.41, 5.74) is 4.43. The molecular formula is C24H24F3N5O4. The molecule has 0 atom stereocenters. The number of Topliss-reactive ketones (excluding diaryl/α,β-unsaturated/α-hetero) is 1. The minimum absolute atomic E-state index is 0.0229. The van der Waals surface area contributed by atoms with Crippen LogP contribution < -0.4 is 15.8 Å². The summed E-state index contributed by atoms with van der Waals surface area (Å²) in [6.07, 6.45) is -3.20. The van der Waals surface area contributed by atoms with Crippen molar-refractivity contribution in [1.29, 1.82) is 0 Å². The second-order valence-electron chi connectivity index (χ2n) is 9.19. The fourth-order valence-electron chi connectivity index (χ4n) is 4.21. The second kappa shape index (κ2) is 9.26. The number of carbonyl (C=O) groups is 2. The predicted octanol–water partition coefficient (Wildman–Crippen LogP) is 3.65. The van der Waals surface area contributed by atoms with Gasteiger partial charge in [0, 0.05) is 24.4 Å². The Kier molecular flexibility index (Phi) is 6.48. The van der Waals surface area contributed by atoms with Crippen LogP contribution in [0.1, 0.15) is 52.4 Å². The van der Waals surface area contributed by atoms with Gasteiger partial charge in [0.25, 0.3) is 5.91 Å². The van der Waals surface area contributed by atoms with Gasteiger partial charge in [-0.25, -0.2) is 9.67 Å². The van der Waals surface area contributed by atoms with E-state index in [0.717, 1.165) is 4.68 Å². The van der Waals surface area contributed by atoms with Crippen molar-refractivity contribution >= 4 is 23.1 Å². The van der Waals surface area contributed by atoms with Gasteiger partial charge in [0.1, 0.15) is 6.61 Å². The average Bonchev–Trinajstić information content (AvgIpc) is 3.17. The van der Waals surface area contributed by atoms with Crippen molar-refractivity contribution in [2.45, 2.75) is 32.9 Å². The third-order valence-corrected chi connectivity index (χ3v) is 5.68. The lowest BCUT2D eigenvalue weighted by molar-refractivity contribution is -0.141. The number of carbonyl (C=O) groups excluding carboxylic acids is 2. The lowest BCUT2D eigenvalue weighted by Crippen LogP contribution is -2.29. The number of nitrogens with one attached hydrogen (secondary N) is 1. The standard InChI is InChI=1S/C24H24F3N5O4/c1-23(2)11-17-20(18(34)12-23)21(24(25,26)27)31-32(17)14-3-4-15(22(28)35)16(10-14)30-13-5-6-29-19(9-13)36-8-7-33/h3-6,9-10,33H,7-8,11-12H2,1-2H3,(H2,28,35)(H,29,30). The fraction of sp³-hybridized carbons (Fsp3) is 0.333. The summed E-state index contributed by atoms with van der Waals surface area (Å²) < 4.78 is 47.8. The molecule has 1 amide bonds. The van der Waals surface area contributed by atoms with Gasteiger partial charge in [-0.15, -0.1) is 0 Å². The fourth-order valence-corrected chi connectivity index (χ4v) is 4.21. The highest BCUT2D eigenvalue weighted by Gasteiger charge is 2.45. The Balaban J connectivity index is 1.82. The van der Waals surface area contributed by atoms with E-state index in [4.69, 9.17) is 15.6 Å². The molecule has 4 N–H and O–H groups in total. The molecule has 0 radical (unpaired) electrons. The van der Waals surface area contributed by atoms with Gasteiger partial charge in [0.2, 0.25) is 5.88 Å². The third kappa shape index (κ3) is 5.03. The van der Waals surface area contributed by atoms with Crippen molar-refractivity contribution in [2.24, 2.45) is 11.1 Å². The van der Waals surface area contributed by atoms with Crippen LogP contribution in [0.4, 0.5) is 24.5 Å². The van der Waals surface area contributed by atoms with E-state index in [1.165, 1.54) is 30.5 Å². The van der Waals surface area contributed by atoms with E-state index in [1.54, 1.807) is 6.07 Å². The number of pyridine rings is 1. The zero-order valence-electron chi connectivity index (χ0n) is 19.5. The summed E-state index contributed by atoms with van der Waals surface area (Å²) in [5.74, 6) is -1.16. The minimum Gasteiger partial charge on any atom is -0.475 e. The highest BCUT2D eigenvalue weighted by molar-refractivity contribution is 6.01. The first-order valence-corrected chi connectivity index (χ1v) is 11.0. The maximum atomic E-state index is 13.8. The van der Waals surface area contributed by atoms with Crippen LogP contribution in [-0.4, -0.2) is 44.8 Å². The molecule has 0 saturated heterocycles. The Morgan fingerprint density at radius 1 is 1.25 bits per heavy atom. The topological polar surface area (TPSA) is 132 Å². The third-order valence-electron chi connectivity index (χ3n) is 5.68. The van der Waals surface area contributed by atoms with Gasteiger partial charge in [-0.05, 0) is 36.1 Å². The number of fused-ring (bicyclic) bond motifs is 1. The van der Waals surface area contributed by atoms with Crippen molar-refractivity contribution in [3.05, 3.63) is 59.0 Å². The van der Waals surface area contributed by atoms with E-state index in [9.17, 15) is 22.8 Å². The van der Waals surface area contributed by atoms with Crippen molar-refractivity contribution in [2.75, 3.05) is 18.5 Å².